The first-order valence-electron chi connectivity index (χ1n) is 9.95. The van der Waals surface area contributed by atoms with E-state index in [9.17, 15) is 4.79 Å². The fraction of sp³-hybridized carbons (Fsp3) is 0.476. The van der Waals surface area contributed by atoms with Crippen LogP contribution in [0.15, 0.2) is 30.7 Å². The Morgan fingerprint density at radius 1 is 1.18 bits per heavy atom. The molecule has 28 heavy (non-hydrogen) atoms. The molecule has 3 aromatic heterocycles. The second kappa shape index (κ2) is 7.75. The largest absolute Gasteiger partial charge is 0.337 e. The van der Waals surface area contributed by atoms with E-state index >= 15 is 0 Å². The van der Waals surface area contributed by atoms with Crippen molar-refractivity contribution < 1.29 is 4.79 Å². The molecule has 4 heterocycles. The molecule has 1 aliphatic heterocycles. The van der Waals surface area contributed by atoms with E-state index in [1.807, 2.05) is 54.2 Å². The van der Waals surface area contributed by atoms with Gasteiger partial charge < -0.3 is 13.9 Å². The van der Waals surface area contributed by atoms with Gasteiger partial charge in [0.25, 0.3) is 5.91 Å². The van der Waals surface area contributed by atoms with Crippen molar-refractivity contribution in [1.29, 1.82) is 0 Å². The number of amides is 1. The zero-order chi connectivity index (χ0) is 19.7. The summed E-state index contributed by atoms with van der Waals surface area (Å²) in [5, 5.41) is 0. The molecule has 0 saturated carbocycles. The molecule has 4 rings (SSSR count). The van der Waals surface area contributed by atoms with Crippen molar-refractivity contribution in [2.75, 3.05) is 20.1 Å². The highest BCUT2D eigenvalue weighted by Gasteiger charge is 2.26. The summed E-state index contributed by atoms with van der Waals surface area (Å²) < 4.78 is 4.09. The van der Waals surface area contributed by atoms with Gasteiger partial charge in [-0.05, 0) is 44.9 Å². The number of pyridine rings is 1. The van der Waals surface area contributed by atoms with Crippen LogP contribution in [0.5, 0.6) is 0 Å². The number of likely N-dealkylation sites (tertiary alicyclic amines) is 1. The van der Waals surface area contributed by atoms with E-state index in [1.54, 1.807) is 0 Å². The Morgan fingerprint density at radius 3 is 2.68 bits per heavy atom. The highest BCUT2D eigenvalue weighted by atomic mass is 16.2. The molecule has 0 bridgehead atoms. The highest BCUT2D eigenvalue weighted by Crippen LogP contribution is 2.21. The maximum Gasteiger partial charge on any atom is 0.274 e. The van der Waals surface area contributed by atoms with E-state index in [1.165, 1.54) is 6.42 Å². The van der Waals surface area contributed by atoms with E-state index in [0.29, 0.717) is 18.8 Å². The summed E-state index contributed by atoms with van der Waals surface area (Å²) in [6.07, 6.45) is 9.12. The molecule has 1 amide bonds. The van der Waals surface area contributed by atoms with Gasteiger partial charge in [0.05, 0.1) is 12.2 Å². The molecule has 0 unspecified atom stereocenters. The van der Waals surface area contributed by atoms with E-state index in [2.05, 4.69) is 21.3 Å². The predicted octanol–water partition coefficient (Wildman–Crippen LogP) is 2.63. The first kappa shape index (κ1) is 18.7. The first-order chi connectivity index (χ1) is 13.5. The normalized spacial score (nSPS) is 14.9. The molecule has 1 aliphatic rings. The third-order valence-corrected chi connectivity index (χ3v) is 5.54. The molecular formula is C21H28N6O. The zero-order valence-corrected chi connectivity index (χ0v) is 16.9. The molecule has 7 nitrogen and oxygen atoms in total. The van der Waals surface area contributed by atoms with Crippen LogP contribution in [-0.4, -0.2) is 54.8 Å². The van der Waals surface area contributed by atoms with Crippen LogP contribution in [-0.2, 0) is 20.1 Å². The molecule has 0 spiro atoms. The molecule has 7 heteroatoms. The smallest absolute Gasteiger partial charge is 0.274 e. The molecule has 0 N–H and O–H groups in total. The summed E-state index contributed by atoms with van der Waals surface area (Å²) in [7, 11) is 4.05. The van der Waals surface area contributed by atoms with Gasteiger partial charge in [0.1, 0.15) is 11.5 Å². The van der Waals surface area contributed by atoms with Gasteiger partial charge in [-0.15, -0.1) is 0 Å². The van der Waals surface area contributed by atoms with E-state index in [-0.39, 0.29) is 5.91 Å². The third kappa shape index (κ3) is 3.54. The van der Waals surface area contributed by atoms with E-state index < -0.39 is 0 Å². The molecule has 148 valence electrons. The van der Waals surface area contributed by atoms with Gasteiger partial charge >= 0.3 is 0 Å². The summed E-state index contributed by atoms with van der Waals surface area (Å²) in [6.45, 7) is 5.04. The van der Waals surface area contributed by atoms with Crippen LogP contribution in [0.1, 0.15) is 46.8 Å². The number of carbonyl (C=O) groups excluding carboxylic acids is 1. The van der Waals surface area contributed by atoms with Crippen LogP contribution in [0.2, 0.25) is 0 Å². The Labute approximate surface area is 165 Å². The van der Waals surface area contributed by atoms with Crippen LogP contribution in [0.25, 0.3) is 5.65 Å². The number of nitrogens with zero attached hydrogens (tertiary/aromatic N) is 6. The van der Waals surface area contributed by atoms with Gasteiger partial charge in [0, 0.05) is 45.3 Å². The number of hydrogen-bond donors (Lipinski definition) is 0. The van der Waals surface area contributed by atoms with Crippen molar-refractivity contribution in [3.63, 3.8) is 0 Å². The number of piperidine rings is 1. The zero-order valence-electron chi connectivity index (χ0n) is 16.9. The second-order valence-corrected chi connectivity index (χ2v) is 7.77. The minimum Gasteiger partial charge on any atom is -0.337 e. The van der Waals surface area contributed by atoms with Gasteiger partial charge in [-0.3, -0.25) is 9.69 Å². The van der Waals surface area contributed by atoms with Crippen LogP contribution in [0, 0.1) is 6.92 Å². The molecule has 3 aromatic rings. The third-order valence-electron chi connectivity index (χ3n) is 5.54. The molecule has 0 aromatic carbocycles. The molecule has 0 aliphatic carbocycles. The SMILES string of the molecule is Cc1cccn2c(CN(C)Cc3nccn3C)c(C(=O)N3CCCCC3)nc12. The lowest BCUT2D eigenvalue weighted by molar-refractivity contribution is 0.0716. The Bertz CT molecular complexity index is 982. The van der Waals surface area contributed by atoms with Crippen LogP contribution >= 0.6 is 0 Å². The van der Waals surface area contributed by atoms with Crippen molar-refractivity contribution in [2.24, 2.45) is 7.05 Å². The van der Waals surface area contributed by atoms with Gasteiger partial charge in [-0.1, -0.05) is 6.07 Å². The van der Waals surface area contributed by atoms with Crippen molar-refractivity contribution >= 4 is 11.6 Å². The lowest BCUT2D eigenvalue weighted by atomic mass is 10.1. The van der Waals surface area contributed by atoms with E-state index in [4.69, 9.17) is 4.98 Å². The number of rotatable bonds is 5. The van der Waals surface area contributed by atoms with E-state index in [0.717, 1.165) is 48.7 Å². The molecular weight excluding hydrogens is 352 g/mol. The average molecular weight is 380 g/mol. The van der Waals surface area contributed by atoms with Crippen molar-refractivity contribution in [1.82, 2.24) is 28.7 Å². The number of hydrogen-bond acceptors (Lipinski definition) is 4. The quantitative estimate of drug-likeness (QED) is 0.683. The Hall–Kier alpha value is -2.67. The molecule has 0 atom stereocenters. The number of aryl methyl sites for hydroxylation is 2. The van der Waals surface area contributed by atoms with Gasteiger partial charge in [-0.2, -0.15) is 0 Å². The topological polar surface area (TPSA) is 58.7 Å². The summed E-state index contributed by atoms with van der Waals surface area (Å²) >= 11 is 0. The number of fused-ring (bicyclic) bond motifs is 1. The minimum atomic E-state index is 0.0585. The second-order valence-electron chi connectivity index (χ2n) is 7.77. The molecule has 0 radical (unpaired) electrons. The highest BCUT2D eigenvalue weighted by molar-refractivity contribution is 5.94. The standard InChI is InChI=1S/C21H28N6O/c1-16-8-7-12-27-17(14-24(2)15-18-22-9-13-25(18)3)19(23-20(16)27)21(28)26-10-5-4-6-11-26/h7-9,12-13H,4-6,10-11,14-15H2,1-3H3. The Morgan fingerprint density at radius 2 is 1.96 bits per heavy atom. The van der Waals surface area contributed by atoms with Gasteiger partial charge in [-0.25, -0.2) is 9.97 Å². The van der Waals surface area contributed by atoms with Crippen molar-refractivity contribution in [3.8, 4) is 0 Å². The summed E-state index contributed by atoms with van der Waals surface area (Å²) in [4.78, 5) is 26.6. The Kier molecular flexibility index (Phi) is 5.17. The maximum absolute atomic E-state index is 13.3. The lowest BCUT2D eigenvalue weighted by Gasteiger charge is -2.26. The average Bonchev–Trinajstić information content (AvgIpc) is 3.27. The fourth-order valence-electron chi connectivity index (χ4n) is 3.92. The van der Waals surface area contributed by atoms with Crippen LogP contribution < -0.4 is 0 Å². The van der Waals surface area contributed by atoms with Crippen molar-refractivity contribution in [2.45, 2.75) is 39.3 Å². The monoisotopic (exact) mass is 380 g/mol. The molecule has 1 saturated heterocycles. The Balaban J connectivity index is 1.67. The van der Waals surface area contributed by atoms with Crippen LogP contribution in [0.4, 0.5) is 0 Å². The lowest BCUT2D eigenvalue weighted by Crippen LogP contribution is -2.36. The predicted molar refractivity (Wildman–Crippen MR) is 108 cm³/mol. The number of carbonyl (C=O) groups is 1. The number of imidazole rings is 2. The minimum absolute atomic E-state index is 0.0585. The first-order valence-corrected chi connectivity index (χ1v) is 9.95. The fourth-order valence-corrected chi connectivity index (χ4v) is 3.92. The summed E-state index contributed by atoms with van der Waals surface area (Å²) in [6, 6.07) is 4.06. The molecule has 1 fully saturated rings. The van der Waals surface area contributed by atoms with Crippen molar-refractivity contribution in [3.05, 3.63) is 53.5 Å². The van der Waals surface area contributed by atoms with Gasteiger partial charge in [0.2, 0.25) is 0 Å². The maximum atomic E-state index is 13.3. The summed E-state index contributed by atoms with van der Waals surface area (Å²) in [5.41, 5.74) is 3.48. The van der Waals surface area contributed by atoms with Gasteiger partial charge in [0.15, 0.2) is 5.69 Å². The number of aromatic nitrogens is 4. The van der Waals surface area contributed by atoms with Crippen LogP contribution in [0.3, 0.4) is 0 Å². The summed E-state index contributed by atoms with van der Waals surface area (Å²) in [5.74, 6) is 1.06.